The third kappa shape index (κ3) is 6.65. The monoisotopic (exact) mass is 589 g/mol. The van der Waals surface area contributed by atoms with Crippen molar-refractivity contribution in [2.75, 3.05) is 25.0 Å². The first-order valence-electron chi connectivity index (χ1n) is 14.2. The highest BCUT2D eigenvalue weighted by Crippen LogP contribution is 2.40. The lowest BCUT2D eigenvalue weighted by Crippen LogP contribution is -2.27. The summed E-state index contributed by atoms with van der Waals surface area (Å²) in [6, 6.07) is 14.9. The van der Waals surface area contributed by atoms with Crippen LogP contribution in [0.4, 0.5) is 5.95 Å². The van der Waals surface area contributed by atoms with Gasteiger partial charge in [0, 0.05) is 36.8 Å². The first-order chi connectivity index (χ1) is 19.9. The summed E-state index contributed by atoms with van der Waals surface area (Å²) < 4.78 is 43.5. The number of aromatic nitrogens is 4. The molecule has 2 aromatic carbocycles. The zero-order valence-electron chi connectivity index (χ0n) is 25.1. The Kier molecular flexibility index (Phi) is 8.39. The van der Waals surface area contributed by atoms with E-state index in [-0.39, 0.29) is 28.1 Å². The SMILES string of the molecule is COCCn1cc(C2c3cccc(c3)S(=O)(=O)Nc3nc(cc(-c4c(C)cccc4C)n3)OC[C@H]2CC(C)(C)C)cn1. The molecule has 4 aromatic rings. The Morgan fingerprint density at radius 1 is 1.05 bits per heavy atom. The molecule has 2 aromatic heterocycles. The van der Waals surface area contributed by atoms with E-state index in [4.69, 9.17) is 9.47 Å². The molecular weight excluding hydrogens is 550 g/mol. The predicted octanol–water partition coefficient (Wildman–Crippen LogP) is 5.98. The van der Waals surface area contributed by atoms with Crippen LogP contribution < -0.4 is 9.46 Å². The zero-order valence-corrected chi connectivity index (χ0v) is 25.9. The molecule has 1 aliphatic rings. The summed E-state index contributed by atoms with van der Waals surface area (Å²) in [7, 11) is -2.33. The van der Waals surface area contributed by atoms with Crippen LogP contribution in [0.2, 0.25) is 0 Å². The van der Waals surface area contributed by atoms with E-state index in [2.05, 4.69) is 40.6 Å². The zero-order chi connectivity index (χ0) is 30.1. The van der Waals surface area contributed by atoms with Crippen molar-refractivity contribution in [3.63, 3.8) is 0 Å². The number of methoxy groups -OCH3 is 1. The average Bonchev–Trinajstić information content (AvgIpc) is 3.37. The third-order valence-corrected chi connectivity index (χ3v) is 8.85. The molecule has 0 saturated carbocycles. The van der Waals surface area contributed by atoms with Gasteiger partial charge in [0.2, 0.25) is 11.8 Å². The minimum absolute atomic E-state index is 0.0162. The molecule has 0 amide bonds. The average molecular weight is 590 g/mol. The van der Waals surface area contributed by atoms with E-state index in [9.17, 15) is 8.42 Å². The molecule has 0 fully saturated rings. The second-order valence-electron chi connectivity index (χ2n) is 12.2. The molecule has 2 atom stereocenters. The van der Waals surface area contributed by atoms with E-state index in [1.807, 2.05) is 55.2 Å². The standard InChI is InChI=1S/C32H39N5O4S/c1-21-9-7-10-22(2)29(21)27-16-28-35-31(34-27)36-42(38,39)26-12-8-11-23(15-26)30(24(20-41-28)17-32(3,4)5)25-18-33-37(19-25)13-14-40-6/h7-12,15-16,18-19,24,30H,13-14,17,20H2,1-6H3,(H,34,35,36)/t24-,30?/m1/s1. The Hall–Kier alpha value is -3.76. The maximum atomic E-state index is 13.7. The van der Waals surface area contributed by atoms with Crippen molar-refractivity contribution >= 4 is 16.0 Å². The van der Waals surface area contributed by atoms with Gasteiger partial charge in [-0.3, -0.25) is 4.68 Å². The van der Waals surface area contributed by atoms with Gasteiger partial charge in [-0.1, -0.05) is 51.1 Å². The number of benzene rings is 2. The number of hydrogen-bond acceptors (Lipinski definition) is 7. The molecule has 5 rings (SSSR count). The second kappa shape index (κ2) is 11.9. The van der Waals surface area contributed by atoms with Gasteiger partial charge in [-0.15, -0.1) is 0 Å². The molecule has 1 unspecified atom stereocenters. The Morgan fingerprint density at radius 3 is 2.50 bits per heavy atom. The number of rotatable bonds is 6. The van der Waals surface area contributed by atoms with Crippen LogP contribution in [0, 0.1) is 25.2 Å². The van der Waals surface area contributed by atoms with E-state index < -0.39 is 10.0 Å². The fraction of sp³-hybridized carbons (Fsp3) is 0.406. The quantitative estimate of drug-likeness (QED) is 0.295. The first-order valence-corrected chi connectivity index (χ1v) is 15.6. The molecule has 1 N–H and O–H groups in total. The summed E-state index contributed by atoms with van der Waals surface area (Å²) in [4.78, 5) is 9.27. The molecule has 1 aliphatic heterocycles. The Bertz CT molecular complexity index is 1660. The minimum atomic E-state index is -4.00. The molecule has 0 aliphatic carbocycles. The number of anilines is 1. The summed E-state index contributed by atoms with van der Waals surface area (Å²) >= 11 is 0. The van der Waals surface area contributed by atoms with Crippen molar-refractivity contribution in [3.05, 3.63) is 83.2 Å². The van der Waals surface area contributed by atoms with Crippen LogP contribution in [0.25, 0.3) is 11.3 Å². The summed E-state index contributed by atoms with van der Waals surface area (Å²) in [6.07, 6.45) is 4.70. The van der Waals surface area contributed by atoms with E-state index in [0.29, 0.717) is 31.3 Å². The van der Waals surface area contributed by atoms with Crippen molar-refractivity contribution in [1.82, 2.24) is 19.7 Å². The van der Waals surface area contributed by atoms with Crippen molar-refractivity contribution in [1.29, 1.82) is 0 Å². The lowest BCUT2D eigenvalue weighted by molar-refractivity contribution is 0.176. The van der Waals surface area contributed by atoms with Gasteiger partial charge in [-0.05, 0) is 60.1 Å². The maximum absolute atomic E-state index is 13.7. The summed E-state index contributed by atoms with van der Waals surface area (Å²) in [5.74, 6) is 0.101. The molecular formula is C32H39N5O4S. The molecule has 0 radical (unpaired) electrons. The van der Waals surface area contributed by atoms with Crippen LogP contribution in [-0.4, -0.2) is 48.5 Å². The molecule has 9 nitrogen and oxygen atoms in total. The van der Waals surface area contributed by atoms with Gasteiger partial charge < -0.3 is 9.47 Å². The first kappa shape index (κ1) is 29.7. The Morgan fingerprint density at radius 2 is 1.79 bits per heavy atom. The molecule has 222 valence electrons. The van der Waals surface area contributed by atoms with Gasteiger partial charge in [0.05, 0.1) is 36.5 Å². The summed E-state index contributed by atoms with van der Waals surface area (Å²) in [5, 5.41) is 4.58. The van der Waals surface area contributed by atoms with Gasteiger partial charge in [0.15, 0.2) is 0 Å². The van der Waals surface area contributed by atoms with Crippen LogP contribution in [0.15, 0.2) is 65.8 Å². The van der Waals surface area contributed by atoms with E-state index in [1.54, 1.807) is 31.4 Å². The number of hydrogen-bond donors (Lipinski definition) is 1. The highest BCUT2D eigenvalue weighted by atomic mass is 32.2. The van der Waals surface area contributed by atoms with Crippen LogP contribution in [0.3, 0.4) is 0 Å². The van der Waals surface area contributed by atoms with Crippen molar-refractivity contribution < 1.29 is 17.9 Å². The Balaban J connectivity index is 1.67. The fourth-order valence-electron chi connectivity index (χ4n) is 5.78. The molecule has 3 heterocycles. The number of nitrogens with one attached hydrogen (secondary N) is 1. The normalized spacial score (nSPS) is 18.3. The van der Waals surface area contributed by atoms with Crippen molar-refractivity contribution in [2.24, 2.45) is 11.3 Å². The molecule has 10 heteroatoms. The topological polar surface area (TPSA) is 108 Å². The third-order valence-electron chi connectivity index (χ3n) is 7.52. The number of sulfonamides is 1. The lowest BCUT2D eigenvalue weighted by Gasteiger charge is -2.32. The smallest absolute Gasteiger partial charge is 0.264 e. The molecule has 42 heavy (non-hydrogen) atoms. The molecule has 0 spiro atoms. The van der Waals surface area contributed by atoms with Crippen LogP contribution >= 0.6 is 0 Å². The van der Waals surface area contributed by atoms with Gasteiger partial charge >= 0.3 is 0 Å². The Labute approximate surface area is 248 Å². The van der Waals surface area contributed by atoms with Crippen molar-refractivity contribution in [2.45, 2.75) is 58.4 Å². The second-order valence-corrected chi connectivity index (χ2v) is 13.9. The number of fused-ring (bicyclic) bond motifs is 4. The van der Waals surface area contributed by atoms with E-state index in [1.165, 1.54) is 0 Å². The van der Waals surface area contributed by atoms with Gasteiger partial charge in [-0.2, -0.15) is 10.1 Å². The molecule has 0 saturated heterocycles. The van der Waals surface area contributed by atoms with Crippen LogP contribution in [0.1, 0.15) is 55.4 Å². The summed E-state index contributed by atoms with van der Waals surface area (Å²) in [5.41, 5.74) is 5.42. The van der Waals surface area contributed by atoms with Gasteiger partial charge in [0.25, 0.3) is 10.0 Å². The van der Waals surface area contributed by atoms with Gasteiger partial charge in [-0.25, -0.2) is 18.1 Å². The predicted molar refractivity (Wildman–Crippen MR) is 163 cm³/mol. The number of aryl methyl sites for hydroxylation is 2. The largest absolute Gasteiger partial charge is 0.477 e. The van der Waals surface area contributed by atoms with Gasteiger partial charge in [0.1, 0.15) is 0 Å². The van der Waals surface area contributed by atoms with Crippen molar-refractivity contribution in [3.8, 4) is 17.1 Å². The molecule has 4 bridgehead atoms. The van der Waals surface area contributed by atoms with E-state index in [0.717, 1.165) is 34.2 Å². The number of nitrogens with zero attached hydrogens (tertiary/aromatic N) is 4. The lowest BCUT2D eigenvalue weighted by atomic mass is 9.74. The van der Waals surface area contributed by atoms with Crippen LogP contribution in [-0.2, 0) is 21.3 Å². The van der Waals surface area contributed by atoms with E-state index >= 15 is 0 Å². The minimum Gasteiger partial charge on any atom is -0.477 e. The van der Waals surface area contributed by atoms with Crippen LogP contribution in [0.5, 0.6) is 5.88 Å². The highest BCUT2D eigenvalue weighted by molar-refractivity contribution is 7.92. The maximum Gasteiger partial charge on any atom is 0.264 e. The highest BCUT2D eigenvalue weighted by Gasteiger charge is 2.32. The fourth-order valence-corrected chi connectivity index (χ4v) is 6.78. The summed E-state index contributed by atoms with van der Waals surface area (Å²) in [6.45, 7) is 12.2. The number of ether oxygens (including phenoxy) is 2.